The van der Waals surface area contributed by atoms with Crippen molar-refractivity contribution in [2.45, 2.75) is 0 Å². The molecule has 4 nitrogen and oxygen atoms in total. The molecule has 90 valence electrons. The Hall–Kier alpha value is -2.55. The summed E-state index contributed by atoms with van der Waals surface area (Å²) in [6.45, 7) is 0. The van der Waals surface area contributed by atoms with E-state index in [1.165, 1.54) is 24.3 Å². The predicted octanol–water partition coefficient (Wildman–Crippen LogP) is 2.39. The first-order chi connectivity index (χ1) is 8.61. The molecule has 0 unspecified atom stereocenters. The molecule has 0 N–H and O–H groups in total. The zero-order valence-corrected chi connectivity index (χ0v) is 9.43. The van der Waals surface area contributed by atoms with Crippen LogP contribution in [0.4, 0.5) is 20.3 Å². The van der Waals surface area contributed by atoms with E-state index in [4.69, 9.17) is 5.26 Å². The van der Waals surface area contributed by atoms with Crippen LogP contribution in [0.1, 0.15) is 5.69 Å². The van der Waals surface area contributed by atoms with Gasteiger partial charge in [-0.05, 0) is 12.1 Å². The molecular weight excluding hydrogens is 238 g/mol. The summed E-state index contributed by atoms with van der Waals surface area (Å²) in [5.74, 6) is -0.810. The third kappa shape index (κ3) is 2.25. The van der Waals surface area contributed by atoms with E-state index in [0.717, 1.165) is 18.2 Å². The van der Waals surface area contributed by atoms with Crippen LogP contribution < -0.4 is 4.90 Å². The molecule has 1 aromatic carbocycles. The summed E-state index contributed by atoms with van der Waals surface area (Å²) in [6, 6.07) is 6.38. The summed E-state index contributed by atoms with van der Waals surface area (Å²) in [7, 11) is 1.53. The number of anilines is 2. The number of halogens is 2. The van der Waals surface area contributed by atoms with Crippen LogP contribution in [0.25, 0.3) is 0 Å². The lowest BCUT2D eigenvalue weighted by Crippen LogP contribution is -2.13. The van der Waals surface area contributed by atoms with Gasteiger partial charge in [0, 0.05) is 19.2 Å². The zero-order valence-electron chi connectivity index (χ0n) is 9.43. The Morgan fingerprint density at radius 1 is 1.22 bits per heavy atom. The summed E-state index contributed by atoms with van der Waals surface area (Å²) >= 11 is 0. The second-order valence-corrected chi connectivity index (χ2v) is 3.53. The molecule has 0 radical (unpaired) electrons. The Morgan fingerprint density at radius 2 is 2.00 bits per heavy atom. The Bertz CT molecular complexity index is 622. The minimum absolute atomic E-state index is 0.0394. The fourth-order valence-electron chi connectivity index (χ4n) is 1.46. The normalized spacial score (nSPS) is 9.89. The van der Waals surface area contributed by atoms with Crippen molar-refractivity contribution in [1.29, 1.82) is 5.26 Å². The van der Waals surface area contributed by atoms with Gasteiger partial charge in [0.2, 0.25) is 0 Å². The van der Waals surface area contributed by atoms with Crippen LogP contribution in [0.5, 0.6) is 0 Å². The van der Waals surface area contributed by atoms with E-state index < -0.39 is 11.6 Å². The van der Waals surface area contributed by atoms with Crippen LogP contribution in [0, 0.1) is 23.0 Å². The predicted molar refractivity (Wildman–Crippen MR) is 61.2 cm³/mol. The lowest BCUT2D eigenvalue weighted by molar-refractivity contribution is 0.600. The van der Waals surface area contributed by atoms with Crippen molar-refractivity contribution < 1.29 is 8.78 Å². The van der Waals surface area contributed by atoms with Gasteiger partial charge in [-0.25, -0.2) is 18.7 Å². The largest absolute Gasteiger partial charge is 0.327 e. The average Bonchev–Trinajstić information content (AvgIpc) is 2.41. The van der Waals surface area contributed by atoms with Gasteiger partial charge in [-0.2, -0.15) is 5.26 Å². The van der Waals surface area contributed by atoms with Crippen molar-refractivity contribution >= 4 is 11.5 Å². The molecule has 0 atom stereocenters. The lowest BCUT2D eigenvalue weighted by atomic mass is 10.2. The number of rotatable bonds is 2. The maximum Gasteiger partial charge on any atom is 0.147 e. The van der Waals surface area contributed by atoms with Gasteiger partial charge in [0.25, 0.3) is 0 Å². The number of benzene rings is 1. The number of aromatic nitrogens is 2. The van der Waals surface area contributed by atoms with E-state index in [1.54, 1.807) is 0 Å². The van der Waals surface area contributed by atoms with Crippen molar-refractivity contribution in [3.8, 4) is 6.07 Å². The van der Waals surface area contributed by atoms with Crippen LogP contribution in [0.2, 0.25) is 0 Å². The topological polar surface area (TPSA) is 52.8 Å². The van der Waals surface area contributed by atoms with E-state index in [-0.39, 0.29) is 11.4 Å². The molecule has 2 rings (SSSR count). The highest BCUT2D eigenvalue weighted by Crippen LogP contribution is 2.25. The minimum Gasteiger partial charge on any atom is -0.327 e. The summed E-state index contributed by atoms with van der Waals surface area (Å²) in [4.78, 5) is 8.96. The van der Waals surface area contributed by atoms with Crippen molar-refractivity contribution in [3.05, 3.63) is 47.9 Å². The SMILES string of the molecule is CN(c1cc(C#N)ncn1)c1cc(F)ccc1F. The minimum atomic E-state index is -0.573. The third-order valence-corrected chi connectivity index (χ3v) is 2.38. The van der Waals surface area contributed by atoms with Crippen molar-refractivity contribution in [2.75, 3.05) is 11.9 Å². The van der Waals surface area contributed by atoms with E-state index in [2.05, 4.69) is 9.97 Å². The molecule has 0 aliphatic heterocycles. The molecule has 0 saturated carbocycles. The molecule has 2 aromatic rings. The van der Waals surface area contributed by atoms with Crippen LogP contribution in [0.3, 0.4) is 0 Å². The Kier molecular flexibility index (Phi) is 3.15. The highest BCUT2D eigenvalue weighted by Gasteiger charge is 2.12. The molecule has 18 heavy (non-hydrogen) atoms. The molecule has 1 heterocycles. The summed E-state index contributed by atoms with van der Waals surface area (Å²) in [5.41, 5.74) is 0.196. The van der Waals surface area contributed by atoms with Gasteiger partial charge in [0.1, 0.15) is 35.5 Å². The zero-order chi connectivity index (χ0) is 13.1. The highest BCUT2D eigenvalue weighted by molar-refractivity contribution is 5.60. The van der Waals surface area contributed by atoms with Crippen LogP contribution in [-0.4, -0.2) is 17.0 Å². The quantitative estimate of drug-likeness (QED) is 0.816. The van der Waals surface area contributed by atoms with Crippen LogP contribution in [-0.2, 0) is 0 Å². The maximum atomic E-state index is 13.6. The van der Waals surface area contributed by atoms with E-state index >= 15 is 0 Å². The first kappa shape index (κ1) is 11.9. The second-order valence-electron chi connectivity index (χ2n) is 3.53. The van der Waals surface area contributed by atoms with Gasteiger partial charge in [0.05, 0.1) is 5.69 Å². The Labute approximate surface area is 102 Å². The number of hydrogen-bond acceptors (Lipinski definition) is 4. The second kappa shape index (κ2) is 4.75. The maximum absolute atomic E-state index is 13.6. The van der Waals surface area contributed by atoms with Crippen molar-refractivity contribution in [2.24, 2.45) is 0 Å². The smallest absolute Gasteiger partial charge is 0.147 e. The summed E-state index contributed by atoms with van der Waals surface area (Å²) < 4.78 is 26.7. The monoisotopic (exact) mass is 246 g/mol. The van der Waals surface area contributed by atoms with Crippen molar-refractivity contribution in [1.82, 2.24) is 9.97 Å². The summed E-state index contributed by atoms with van der Waals surface area (Å²) in [6.07, 6.45) is 1.20. The molecule has 0 amide bonds. The summed E-state index contributed by atoms with van der Waals surface area (Å²) in [5, 5.41) is 8.72. The van der Waals surface area contributed by atoms with Gasteiger partial charge in [-0.15, -0.1) is 0 Å². The molecule has 0 bridgehead atoms. The molecule has 0 spiro atoms. The van der Waals surface area contributed by atoms with Gasteiger partial charge < -0.3 is 4.90 Å². The lowest BCUT2D eigenvalue weighted by Gasteiger charge is -2.18. The fraction of sp³-hybridized carbons (Fsp3) is 0.0833. The third-order valence-electron chi connectivity index (χ3n) is 2.38. The Morgan fingerprint density at radius 3 is 2.72 bits per heavy atom. The molecule has 6 heteroatoms. The fourth-order valence-corrected chi connectivity index (χ4v) is 1.46. The molecule has 0 aliphatic carbocycles. The molecule has 1 aromatic heterocycles. The average molecular weight is 246 g/mol. The first-order valence-corrected chi connectivity index (χ1v) is 5.02. The molecule has 0 aliphatic rings. The van der Waals surface area contributed by atoms with Gasteiger partial charge >= 0.3 is 0 Å². The Balaban J connectivity index is 2.44. The van der Waals surface area contributed by atoms with E-state index in [9.17, 15) is 8.78 Å². The number of nitrogens with zero attached hydrogens (tertiary/aromatic N) is 4. The number of hydrogen-bond donors (Lipinski definition) is 0. The molecular formula is C12H8F2N4. The van der Waals surface area contributed by atoms with E-state index in [0.29, 0.717) is 5.82 Å². The van der Waals surface area contributed by atoms with Gasteiger partial charge in [-0.1, -0.05) is 0 Å². The first-order valence-electron chi connectivity index (χ1n) is 5.02. The van der Waals surface area contributed by atoms with Crippen molar-refractivity contribution in [3.63, 3.8) is 0 Å². The number of nitriles is 1. The standard InChI is InChI=1S/C12H8F2N4/c1-18(11-4-8(13)2-3-10(11)14)12-5-9(6-15)16-7-17-12/h2-5,7H,1H3. The van der Waals surface area contributed by atoms with E-state index in [1.807, 2.05) is 6.07 Å². The van der Waals surface area contributed by atoms with Crippen LogP contribution in [0.15, 0.2) is 30.6 Å². The highest BCUT2D eigenvalue weighted by atomic mass is 19.1. The van der Waals surface area contributed by atoms with Gasteiger partial charge in [-0.3, -0.25) is 0 Å². The van der Waals surface area contributed by atoms with Crippen LogP contribution >= 0.6 is 0 Å². The molecule has 0 saturated heterocycles. The van der Waals surface area contributed by atoms with Gasteiger partial charge in [0.15, 0.2) is 0 Å². The molecule has 0 fully saturated rings.